The topological polar surface area (TPSA) is 76.3 Å². The Hall–Kier alpha value is -0.630. The van der Waals surface area contributed by atoms with Crippen LogP contribution in [0.15, 0.2) is 0 Å². The standard InChI is InChI=1S/C11H20N2O2/c1-2-11(8-14,9-15)13-7-10(3-4-10)5-6-12/h13-15H,2-5,7-9H2,1H3. The predicted octanol–water partition coefficient (Wildman–Crippen LogP) is 0.403. The summed E-state index contributed by atoms with van der Waals surface area (Å²) in [4.78, 5) is 0. The van der Waals surface area contributed by atoms with Crippen LogP contribution in [0.5, 0.6) is 0 Å². The van der Waals surface area contributed by atoms with E-state index in [4.69, 9.17) is 5.26 Å². The maximum Gasteiger partial charge on any atom is 0.0645 e. The largest absolute Gasteiger partial charge is 0.394 e. The van der Waals surface area contributed by atoms with Crippen molar-refractivity contribution in [1.29, 1.82) is 5.26 Å². The van der Waals surface area contributed by atoms with Gasteiger partial charge in [0.25, 0.3) is 0 Å². The van der Waals surface area contributed by atoms with Crippen LogP contribution in [0.25, 0.3) is 0 Å². The summed E-state index contributed by atoms with van der Waals surface area (Å²) < 4.78 is 0. The van der Waals surface area contributed by atoms with E-state index in [-0.39, 0.29) is 18.6 Å². The molecule has 1 aliphatic rings. The van der Waals surface area contributed by atoms with Crippen LogP contribution < -0.4 is 5.32 Å². The van der Waals surface area contributed by atoms with E-state index < -0.39 is 5.54 Å². The lowest BCUT2D eigenvalue weighted by Gasteiger charge is -2.31. The third-order valence-electron chi connectivity index (χ3n) is 3.53. The van der Waals surface area contributed by atoms with E-state index >= 15 is 0 Å². The van der Waals surface area contributed by atoms with Crippen LogP contribution in [0.3, 0.4) is 0 Å². The van der Waals surface area contributed by atoms with Crippen molar-refractivity contribution in [3.8, 4) is 6.07 Å². The minimum atomic E-state index is -0.578. The molecule has 0 bridgehead atoms. The minimum Gasteiger partial charge on any atom is -0.394 e. The molecule has 1 fully saturated rings. The number of aliphatic hydroxyl groups is 2. The lowest BCUT2D eigenvalue weighted by Crippen LogP contribution is -2.53. The SMILES string of the molecule is CCC(CO)(CO)NCC1(CC#N)CC1. The molecule has 0 aromatic rings. The van der Waals surface area contributed by atoms with Gasteiger partial charge in [-0.1, -0.05) is 6.92 Å². The van der Waals surface area contributed by atoms with Gasteiger partial charge in [0.1, 0.15) is 0 Å². The number of nitriles is 1. The normalized spacial score (nSPS) is 18.5. The summed E-state index contributed by atoms with van der Waals surface area (Å²) in [5.74, 6) is 0. The van der Waals surface area contributed by atoms with Crippen molar-refractivity contribution in [3.05, 3.63) is 0 Å². The van der Waals surface area contributed by atoms with Crippen molar-refractivity contribution < 1.29 is 10.2 Å². The second-order valence-electron chi connectivity index (χ2n) is 4.64. The van der Waals surface area contributed by atoms with Gasteiger partial charge in [-0.25, -0.2) is 0 Å². The second kappa shape index (κ2) is 4.93. The number of aliphatic hydroxyl groups excluding tert-OH is 2. The molecule has 0 amide bonds. The molecule has 0 radical (unpaired) electrons. The molecule has 4 heteroatoms. The van der Waals surface area contributed by atoms with Crippen molar-refractivity contribution in [2.24, 2.45) is 5.41 Å². The predicted molar refractivity (Wildman–Crippen MR) is 57.1 cm³/mol. The Morgan fingerprint density at radius 2 is 2.00 bits per heavy atom. The minimum absolute atomic E-state index is 0.0668. The zero-order chi connectivity index (χ0) is 11.4. The third-order valence-corrected chi connectivity index (χ3v) is 3.53. The lowest BCUT2D eigenvalue weighted by atomic mass is 9.95. The highest BCUT2D eigenvalue weighted by molar-refractivity contribution is 5.02. The monoisotopic (exact) mass is 212 g/mol. The van der Waals surface area contributed by atoms with Gasteiger partial charge in [-0.15, -0.1) is 0 Å². The quantitative estimate of drug-likeness (QED) is 0.571. The van der Waals surface area contributed by atoms with Crippen LogP contribution in [-0.4, -0.2) is 35.5 Å². The van der Waals surface area contributed by atoms with Crippen LogP contribution in [0.4, 0.5) is 0 Å². The van der Waals surface area contributed by atoms with Crippen LogP contribution in [0, 0.1) is 16.7 Å². The molecule has 3 N–H and O–H groups in total. The van der Waals surface area contributed by atoms with Gasteiger partial charge < -0.3 is 15.5 Å². The van der Waals surface area contributed by atoms with Gasteiger partial charge in [-0.2, -0.15) is 5.26 Å². The summed E-state index contributed by atoms with van der Waals surface area (Å²) in [6.45, 7) is 2.52. The van der Waals surface area contributed by atoms with Gasteiger partial charge in [0.05, 0.1) is 24.8 Å². The number of rotatable bonds is 7. The van der Waals surface area contributed by atoms with Crippen LogP contribution >= 0.6 is 0 Å². The van der Waals surface area contributed by atoms with Crippen LogP contribution in [-0.2, 0) is 0 Å². The molecule has 0 saturated heterocycles. The van der Waals surface area contributed by atoms with Crippen molar-refractivity contribution in [3.63, 3.8) is 0 Å². The van der Waals surface area contributed by atoms with E-state index in [0.717, 1.165) is 19.4 Å². The van der Waals surface area contributed by atoms with E-state index in [0.29, 0.717) is 12.8 Å². The van der Waals surface area contributed by atoms with Crippen molar-refractivity contribution in [1.82, 2.24) is 5.32 Å². The van der Waals surface area contributed by atoms with Crippen molar-refractivity contribution in [2.45, 2.75) is 38.1 Å². The number of hydrogen-bond acceptors (Lipinski definition) is 4. The second-order valence-corrected chi connectivity index (χ2v) is 4.64. The van der Waals surface area contributed by atoms with E-state index in [2.05, 4.69) is 11.4 Å². The summed E-state index contributed by atoms with van der Waals surface area (Å²) in [6.07, 6.45) is 3.40. The Kier molecular flexibility index (Phi) is 4.09. The van der Waals surface area contributed by atoms with Gasteiger partial charge in [0.15, 0.2) is 0 Å². The van der Waals surface area contributed by atoms with Crippen molar-refractivity contribution >= 4 is 0 Å². The maximum absolute atomic E-state index is 9.24. The molecule has 0 unspecified atom stereocenters. The first-order valence-corrected chi connectivity index (χ1v) is 5.50. The van der Waals surface area contributed by atoms with Gasteiger partial charge >= 0.3 is 0 Å². The number of nitrogens with one attached hydrogen (secondary N) is 1. The summed E-state index contributed by atoms with van der Waals surface area (Å²) in [7, 11) is 0. The molecule has 0 spiro atoms. The van der Waals surface area contributed by atoms with Gasteiger partial charge in [0.2, 0.25) is 0 Å². The molecular weight excluding hydrogens is 192 g/mol. The van der Waals surface area contributed by atoms with E-state index in [1.165, 1.54) is 0 Å². The first kappa shape index (κ1) is 12.4. The van der Waals surface area contributed by atoms with Gasteiger partial charge in [-0.05, 0) is 24.7 Å². The molecule has 0 atom stereocenters. The fourth-order valence-electron chi connectivity index (χ4n) is 1.65. The smallest absolute Gasteiger partial charge is 0.0645 e. The highest BCUT2D eigenvalue weighted by Crippen LogP contribution is 2.48. The van der Waals surface area contributed by atoms with E-state index in [1.54, 1.807) is 0 Å². The summed E-state index contributed by atoms with van der Waals surface area (Å²) in [5.41, 5.74) is -0.468. The molecule has 1 saturated carbocycles. The molecule has 1 rings (SSSR count). The Labute approximate surface area is 90.9 Å². The molecule has 1 aliphatic carbocycles. The molecule has 0 aliphatic heterocycles. The number of hydrogen-bond donors (Lipinski definition) is 3. The zero-order valence-electron chi connectivity index (χ0n) is 9.29. The third kappa shape index (κ3) is 2.91. The molecule has 0 aromatic carbocycles. The highest BCUT2D eigenvalue weighted by Gasteiger charge is 2.43. The average Bonchev–Trinajstić information content (AvgIpc) is 3.02. The van der Waals surface area contributed by atoms with E-state index in [9.17, 15) is 10.2 Å². The van der Waals surface area contributed by atoms with E-state index in [1.807, 2.05) is 6.92 Å². The Morgan fingerprint density at radius 1 is 1.40 bits per heavy atom. The summed E-state index contributed by atoms with van der Waals surface area (Å²) in [6, 6.07) is 2.20. The summed E-state index contributed by atoms with van der Waals surface area (Å²) >= 11 is 0. The number of nitrogens with zero attached hydrogens (tertiary/aromatic N) is 1. The molecule has 86 valence electrons. The average molecular weight is 212 g/mol. The zero-order valence-corrected chi connectivity index (χ0v) is 9.29. The molecule has 15 heavy (non-hydrogen) atoms. The van der Waals surface area contributed by atoms with Gasteiger partial charge in [0, 0.05) is 13.0 Å². The molecular formula is C11H20N2O2. The molecule has 4 nitrogen and oxygen atoms in total. The molecule has 0 aromatic heterocycles. The van der Waals surface area contributed by atoms with Crippen molar-refractivity contribution in [2.75, 3.05) is 19.8 Å². The first-order chi connectivity index (χ1) is 7.16. The Morgan fingerprint density at radius 3 is 2.33 bits per heavy atom. The Bertz CT molecular complexity index is 231. The Balaban J connectivity index is 2.44. The highest BCUT2D eigenvalue weighted by atomic mass is 16.3. The summed E-state index contributed by atoms with van der Waals surface area (Å²) in [5, 5.41) is 30.4. The van der Waals surface area contributed by atoms with Crippen LogP contribution in [0.2, 0.25) is 0 Å². The van der Waals surface area contributed by atoms with Gasteiger partial charge in [-0.3, -0.25) is 0 Å². The maximum atomic E-state index is 9.24. The first-order valence-electron chi connectivity index (χ1n) is 5.50. The molecule has 0 heterocycles. The lowest BCUT2D eigenvalue weighted by molar-refractivity contribution is 0.0830. The fourth-order valence-corrected chi connectivity index (χ4v) is 1.65. The fraction of sp³-hybridized carbons (Fsp3) is 0.909. The van der Waals surface area contributed by atoms with Crippen LogP contribution in [0.1, 0.15) is 32.6 Å².